The third kappa shape index (κ3) is 4.59. The van der Waals surface area contributed by atoms with Crippen molar-refractivity contribution in [2.75, 3.05) is 0 Å². The van der Waals surface area contributed by atoms with Crippen LogP contribution in [0, 0.1) is 6.92 Å². The van der Waals surface area contributed by atoms with E-state index in [1.807, 2.05) is 18.4 Å². The number of halogens is 2. The second kappa shape index (κ2) is 7.98. The fourth-order valence-corrected chi connectivity index (χ4v) is 2.84. The highest BCUT2D eigenvalue weighted by Crippen LogP contribution is 2.22. The van der Waals surface area contributed by atoms with Gasteiger partial charge in [0.25, 0.3) is 0 Å². The van der Waals surface area contributed by atoms with Crippen LogP contribution in [0.3, 0.4) is 0 Å². The summed E-state index contributed by atoms with van der Waals surface area (Å²) in [4.78, 5) is 17.2. The van der Waals surface area contributed by atoms with Crippen LogP contribution in [-0.4, -0.2) is 12.3 Å². The number of nitrogens with zero attached hydrogens (tertiary/aromatic N) is 1. The first-order valence-electron chi connectivity index (χ1n) is 6.23. The maximum absolute atomic E-state index is 11.5. The summed E-state index contributed by atoms with van der Waals surface area (Å²) >= 11 is 13.5. The van der Waals surface area contributed by atoms with Gasteiger partial charge in [-0.05, 0) is 42.1 Å². The molecule has 0 aliphatic carbocycles. The Morgan fingerprint density at radius 3 is 2.68 bits per heavy atom. The lowest BCUT2D eigenvalue weighted by Gasteiger charge is -2.00. The molecule has 1 aromatic heterocycles. The molecule has 1 heterocycles. The van der Waals surface area contributed by atoms with Gasteiger partial charge in [0, 0.05) is 16.6 Å². The Morgan fingerprint density at radius 2 is 2.05 bits per heavy atom. The molecule has 4 nitrogen and oxygen atoms in total. The van der Waals surface area contributed by atoms with Crippen LogP contribution >= 0.6 is 34.5 Å². The van der Waals surface area contributed by atoms with Gasteiger partial charge < -0.3 is 0 Å². The molecular weight excluding hydrogens is 343 g/mol. The predicted octanol–water partition coefficient (Wildman–Crippen LogP) is 5.09. The Balaban J connectivity index is 1.87. The Labute approximate surface area is 142 Å². The van der Waals surface area contributed by atoms with E-state index in [9.17, 15) is 4.79 Å². The van der Waals surface area contributed by atoms with Crippen LogP contribution in [0.15, 0.2) is 41.0 Å². The lowest BCUT2D eigenvalue weighted by Crippen LogP contribution is -2.15. The lowest BCUT2D eigenvalue weighted by molar-refractivity contribution is 0.155. The van der Waals surface area contributed by atoms with Gasteiger partial charge in [0.05, 0.1) is 16.3 Å². The predicted molar refractivity (Wildman–Crippen MR) is 91.8 cm³/mol. The molecule has 0 spiro atoms. The molecule has 1 N–H and O–H groups in total. The number of aryl methyl sites for hydroxylation is 1. The van der Waals surface area contributed by atoms with Crippen molar-refractivity contribution in [1.82, 2.24) is 5.32 Å². The molecule has 0 saturated carbocycles. The minimum atomic E-state index is -0.704. The minimum absolute atomic E-state index is 0.424. The van der Waals surface area contributed by atoms with Crippen LogP contribution in [0.2, 0.25) is 10.0 Å². The van der Waals surface area contributed by atoms with Gasteiger partial charge in [-0.3, -0.25) is 10.2 Å². The zero-order valence-corrected chi connectivity index (χ0v) is 13.9. The molecule has 114 valence electrons. The van der Waals surface area contributed by atoms with Gasteiger partial charge in [-0.15, -0.1) is 11.3 Å². The molecule has 0 bridgehead atoms. The summed E-state index contributed by atoms with van der Waals surface area (Å²) in [5, 5.41) is 8.83. The number of thiophene rings is 1. The SMILES string of the molecule is Cc1ccsc1C=CNC(=O)ON=Cc1c(Cl)cccc1Cl. The number of carbonyl (C=O) groups excluding carboxylic acids is 1. The van der Waals surface area contributed by atoms with E-state index >= 15 is 0 Å². The molecule has 0 atom stereocenters. The fraction of sp³-hybridized carbons (Fsp3) is 0.0667. The first-order valence-corrected chi connectivity index (χ1v) is 7.87. The van der Waals surface area contributed by atoms with Gasteiger partial charge in [0.1, 0.15) is 0 Å². The normalized spacial score (nSPS) is 11.2. The van der Waals surface area contributed by atoms with Crippen molar-refractivity contribution in [2.24, 2.45) is 5.16 Å². The summed E-state index contributed by atoms with van der Waals surface area (Å²) in [6, 6.07) is 7.05. The Kier molecular flexibility index (Phi) is 6.00. The van der Waals surface area contributed by atoms with E-state index in [0.717, 1.165) is 10.4 Å². The van der Waals surface area contributed by atoms with Crippen molar-refractivity contribution in [1.29, 1.82) is 0 Å². The monoisotopic (exact) mass is 354 g/mol. The number of nitrogens with one attached hydrogen (secondary N) is 1. The topological polar surface area (TPSA) is 50.7 Å². The molecule has 0 fully saturated rings. The fourth-order valence-electron chi connectivity index (χ4n) is 1.53. The minimum Gasteiger partial charge on any atom is -0.298 e. The molecule has 0 unspecified atom stereocenters. The highest BCUT2D eigenvalue weighted by Gasteiger charge is 2.03. The second-order valence-corrected chi connectivity index (χ2v) is 5.96. The molecule has 2 aromatic rings. The van der Waals surface area contributed by atoms with Crippen LogP contribution < -0.4 is 5.32 Å². The molecule has 22 heavy (non-hydrogen) atoms. The van der Waals surface area contributed by atoms with E-state index in [4.69, 9.17) is 23.2 Å². The van der Waals surface area contributed by atoms with Crippen LogP contribution in [-0.2, 0) is 4.84 Å². The number of oxime groups is 1. The molecule has 7 heteroatoms. The molecule has 0 aliphatic rings. The van der Waals surface area contributed by atoms with Gasteiger partial charge in [0.15, 0.2) is 0 Å². The Bertz CT molecular complexity index is 706. The van der Waals surface area contributed by atoms with Crippen molar-refractivity contribution in [3.8, 4) is 0 Å². The maximum Gasteiger partial charge on any atom is 0.437 e. The molecule has 1 amide bonds. The van der Waals surface area contributed by atoms with E-state index < -0.39 is 6.09 Å². The number of hydrogen-bond donors (Lipinski definition) is 1. The van der Waals surface area contributed by atoms with E-state index in [1.165, 1.54) is 12.4 Å². The molecule has 0 radical (unpaired) electrons. The lowest BCUT2D eigenvalue weighted by atomic mass is 10.2. The average Bonchev–Trinajstić information content (AvgIpc) is 2.88. The van der Waals surface area contributed by atoms with Crippen LogP contribution in [0.25, 0.3) is 6.08 Å². The average molecular weight is 355 g/mol. The van der Waals surface area contributed by atoms with E-state index in [-0.39, 0.29) is 0 Å². The number of hydrogen-bond acceptors (Lipinski definition) is 4. The molecule has 1 aromatic carbocycles. The van der Waals surface area contributed by atoms with Crippen LogP contribution in [0.4, 0.5) is 4.79 Å². The van der Waals surface area contributed by atoms with Crippen molar-refractivity contribution >= 4 is 52.9 Å². The Morgan fingerprint density at radius 1 is 1.32 bits per heavy atom. The van der Waals surface area contributed by atoms with E-state index in [0.29, 0.717) is 15.6 Å². The molecule has 0 saturated heterocycles. The molecular formula is C15H12Cl2N2O2S. The molecule has 2 rings (SSSR count). The van der Waals surface area contributed by atoms with Crippen LogP contribution in [0.5, 0.6) is 0 Å². The summed E-state index contributed by atoms with van der Waals surface area (Å²) in [5.41, 5.74) is 1.63. The van der Waals surface area contributed by atoms with Crippen molar-refractivity contribution in [3.05, 3.63) is 61.9 Å². The summed E-state index contributed by atoms with van der Waals surface area (Å²) in [5.74, 6) is 0. The highest BCUT2D eigenvalue weighted by molar-refractivity contribution is 7.11. The quantitative estimate of drug-likeness (QED) is 0.472. The number of amides is 1. The first kappa shape index (κ1) is 16.5. The number of rotatable bonds is 4. The third-order valence-corrected chi connectivity index (χ3v) is 4.30. The largest absolute Gasteiger partial charge is 0.437 e. The number of benzene rings is 1. The van der Waals surface area contributed by atoms with Gasteiger partial charge in [-0.2, -0.15) is 0 Å². The molecule has 0 aliphatic heterocycles. The van der Waals surface area contributed by atoms with E-state index in [2.05, 4.69) is 15.3 Å². The highest BCUT2D eigenvalue weighted by atomic mass is 35.5. The van der Waals surface area contributed by atoms with Crippen molar-refractivity contribution in [2.45, 2.75) is 6.92 Å². The zero-order chi connectivity index (χ0) is 15.9. The summed E-state index contributed by atoms with van der Waals surface area (Å²) in [6.07, 6.45) is 3.87. The van der Waals surface area contributed by atoms with Crippen molar-refractivity contribution in [3.63, 3.8) is 0 Å². The Hall–Kier alpha value is -1.82. The second-order valence-electron chi connectivity index (χ2n) is 4.19. The van der Waals surface area contributed by atoms with Gasteiger partial charge in [0.2, 0.25) is 0 Å². The maximum atomic E-state index is 11.5. The zero-order valence-electron chi connectivity index (χ0n) is 11.5. The standard InChI is InChI=1S/C15H12Cl2N2O2S/c1-10-6-8-22-14(10)5-7-18-15(20)21-19-9-11-12(16)3-2-4-13(11)17/h2-9H,1H3,(H,18,20). The van der Waals surface area contributed by atoms with Gasteiger partial charge in [-0.1, -0.05) is 34.4 Å². The van der Waals surface area contributed by atoms with Crippen molar-refractivity contribution < 1.29 is 9.63 Å². The van der Waals surface area contributed by atoms with Gasteiger partial charge >= 0.3 is 6.09 Å². The number of carbonyl (C=O) groups is 1. The smallest absolute Gasteiger partial charge is 0.298 e. The summed E-state index contributed by atoms with van der Waals surface area (Å²) in [7, 11) is 0. The van der Waals surface area contributed by atoms with E-state index in [1.54, 1.807) is 35.6 Å². The first-order chi connectivity index (χ1) is 10.6. The third-order valence-electron chi connectivity index (χ3n) is 2.65. The van der Waals surface area contributed by atoms with Gasteiger partial charge in [-0.25, -0.2) is 4.79 Å². The van der Waals surface area contributed by atoms with Crippen LogP contribution in [0.1, 0.15) is 16.0 Å². The summed E-state index contributed by atoms with van der Waals surface area (Å²) < 4.78 is 0. The summed E-state index contributed by atoms with van der Waals surface area (Å²) in [6.45, 7) is 1.99.